The van der Waals surface area contributed by atoms with Gasteiger partial charge in [0.05, 0.1) is 35.4 Å². The zero-order chi connectivity index (χ0) is 25.4. The van der Waals surface area contributed by atoms with E-state index < -0.39 is 0 Å². The number of likely N-dealkylation sites (N-methyl/N-ethyl adjacent to an activating group) is 1. The normalized spacial score (nSPS) is 15.4. The Labute approximate surface area is 208 Å². The quantitative estimate of drug-likeness (QED) is 0.183. The van der Waals surface area contributed by atoms with E-state index in [2.05, 4.69) is 10.1 Å². The van der Waals surface area contributed by atoms with Crippen LogP contribution in [-0.4, -0.2) is 52.7 Å². The van der Waals surface area contributed by atoms with Gasteiger partial charge in [-0.15, -0.1) is 5.10 Å². The third kappa shape index (κ3) is 7.49. The molecule has 1 heterocycles. The monoisotopic (exact) mass is 481 g/mol. The molecule has 0 spiro atoms. The maximum absolute atomic E-state index is 6.47. The molecule has 1 saturated carbocycles. The maximum Gasteiger partial charge on any atom is 0.215 e. The lowest BCUT2D eigenvalue weighted by molar-refractivity contribution is 0.153. The van der Waals surface area contributed by atoms with Gasteiger partial charge in [-0.1, -0.05) is 36.8 Å². The molecule has 0 atom stereocenters. The minimum absolute atomic E-state index is 0.139. The largest absolute Gasteiger partial charge is 0.489 e. The first-order valence-corrected chi connectivity index (χ1v) is 12.0. The fourth-order valence-electron chi connectivity index (χ4n) is 4.05. The molecule has 1 aromatic carbocycles. The highest BCUT2D eigenvalue weighted by molar-refractivity contribution is 5.77. The molecule has 190 valence electrons. The van der Waals surface area contributed by atoms with Crippen molar-refractivity contribution in [2.45, 2.75) is 51.7 Å². The predicted molar refractivity (Wildman–Crippen MR) is 140 cm³/mol. The number of benzene rings is 1. The fourth-order valence-corrected chi connectivity index (χ4v) is 4.05. The van der Waals surface area contributed by atoms with Crippen molar-refractivity contribution < 1.29 is 4.74 Å². The van der Waals surface area contributed by atoms with Crippen LogP contribution in [0.15, 0.2) is 53.3 Å². The number of nitrogens with zero attached hydrogens (tertiary/aromatic N) is 5. The van der Waals surface area contributed by atoms with Gasteiger partial charge < -0.3 is 26.1 Å². The van der Waals surface area contributed by atoms with E-state index in [1.54, 1.807) is 7.05 Å². The van der Waals surface area contributed by atoms with E-state index >= 15 is 0 Å². The smallest absolute Gasteiger partial charge is 0.215 e. The summed E-state index contributed by atoms with van der Waals surface area (Å²) < 4.78 is 6.18. The molecule has 0 saturated heterocycles. The average Bonchev–Trinajstić information content (AvgIpc) is 2.84. The van der Waals surface area contributed by atoms with Gasteiger partial charge in [-0.05, 0) is 50.3 Å². The molecule has 3 rings (SSSR count). The molecule has 8 N–H and O–H groups in total. The van der Waals surface area contributed by atoms with Crippen molar-refractivity contribution in [3.8, 4) is 5.75 Å². The Balaban J connectivity index is 1.71. The zero-order valence-electron chi connectivity index (χ0n) is 21.0. The summed E-state index contributed by atoms with van der Waals surface area (Å²) in [6.45, 7) is 2.66. The number of pyridine rings is 1. The van der Waals surface area contributed by atoms with E-state index in [4.69, 9.17) is 27.9 Å². The minimum atomic E-state index is 0.139. The first-order chi connectivity index (χ1) is 16.7. The minimum Gasteiger partial charge on any atom is -0.489 e. The molecular formula is C25H39N9O. The Morgan fingerprint density at radius 2 is 1.71 bits per heavy atom. The third-order valence-electron chi connectivity index (χ3n) is 6.09. The second-order valence-electron chi connectivity index (χ2n) is 9.03. The highest BCUT2D eigenvalue weighted by atomic mass is 16.5. The molecule has 35 heavy (non-hydrogen) atoms. The molecule has 0 amide bonds. The Morgan fingerprint density at radius 1 is 1.03 bits per heavy atom. The van der Waals surface area contributed by atoms with Gasteiger partial charge in [0.1, 0.15) is 5.75 Å². The lowest BCUT2D eigenvalue weighted by atomic mass is 9.98. The van der Waals surface area contributed by atoms with Crippen LogP contribution in [0.4, 0.5) is 0 Å². The van der Waals surface area contributed by atoms with E-state index in [0.29, 0.717) is 23.6 Å². The molecule has 0 radical (unpaired) electrons. The van der Waals surface area contributed by atoms with Crippen LogP contribution in [0.3, 0.4) is 0 Å². The van der Waals surface area contributed by atoms with Gasteiger partial charge in [0, 0.05) is 20.6 Å². The molecule has 1 aliphatic carbocycles. The van der Waals surface area contributed by atoms with E-state index in [9.17, 15) is 0 Å². The molecule has 10 nitrogen and oxygen atoms in total. The van der Waals surface area contributed by atoms with Crippen molar-refractivity contribution in [1.29, 1.82) is 0 Å². The van der Waals surface area contributed by atoms with Crippen LogP contribution in [-0.2, 0) is 6.54 Å². The molecule has 10 heteroatoms. The Bertz CT molecular complexity index is 1020. The van der Waals surface area contributed by atoms with Gasteiger partial charge in [0.2, 0.25) is 5.96 Å². The molecule has 0 aliphatic heterocycles. The van der Waals surface area contributed by atoms with Crippen LogP contribution < -0.4 is 27.9 Å². The lowest BCUT2D eigenvalue weighted by Crippen LogP contribution is -2.41. The molecule has 0 unspecified atom stereocenters. The van der Waals surface area contributed by atoms with Gasteiger partial charge >= 0.3 is 0 Å². The number of rotatable bonds is 9. The van der Waals surface area contributed by atoms with Gasteiger partial charge in [0.15, 0.2) is 0 Å². The van der Waals surface area contributed by atoms with Crippen molar-refractivity contribution in [2.24, 2.45) is 28.3 Å². The summed E-state index contributed by atoms with van der Waals surface area (Å²) in [7, 11) is 3.54. The summed E-state index contributed by atoms with van der Waals surface area (Å²) in [4.78, 5) is 6.48. The van der Waals surface area contributed by atoms with Crippen LogP contribution in [0, 0.1) is 6.92 Å². The van der Waals surface area contributed by atoms with Gasteiger partial charge in [-0.2, -0.15) is 0 Å². The van der Waals surface area contributed by atoms with Crippen molar-refractivity contribution in [2.75, 3.05) is 20.6 Å². The first kappa shape index (κ1) is 26.1. The Morgan fingerprint density at radius 3 is 2.34 bits per heavy atom. The Hall–Kier alpha value is -3.50. The van der Waals surface area contributed by atoms with Crippen LogP contribution >= 0.6 is 0 Å². The molecule has 2 aromatic rings. The summed E-state index contributed by atoms with van der Waals surface area (Å²) in [5.41, 5.74) is 16.1. The Kier molecular flexibility index (Phi) is 9.16. The number of guanidine groups is 1. The molecule has 1 fully saturated rings. The summed E-state index contributed by atoms with van der Waals surface area (Å²) in [6.07, 6.45) is 6.12. The van der Waals surface area contributed by atoms with Crippen molar-refractivity contribution in [3.63, 3.8) is 0 Å². The van der Waals surface area contributed by atoms with Crippen LogP contribution in [0.25, 0.3) is 5.70 Å². The number of hydrogen-bond donors (Lipinski definition) is 4. The second-order valence-corrected chi connectivity index (χ2v) is 9.03. The number of aromatic nitrogens is 1. The van der Waals surface area contributed by atoms with E-state index in [1.165, 1.54) is 29.4 Å². The van der Waals surface area contributed by atoms with Crippen molar-refractivity contribution in [3.05, 3.63) is 65.1 Å². The second kappa shape index (κ2) is 12.3. The standard InChI is InChI=1S/C25H39N9O/c1-18-23(35-20-12-8-5-9-13-20)15-14-21(30-18)24(26)22(33(3)28)17-34(29)31-25(27)32(2)16-19-10-6-4-7-11-19/h4,6-7,10-11,14-15,20H,5,8-9,12-13,16-17,26,28-29H2,1-3H3,(H2,27,31)/b24-22-. The van der Waals surface area contributed by atoms with E-state index in [-0.39, 0.29) is 18.6 Å². The van der Waals surface area contributed by atoms with Gasteiger partial charge in [-0.25, -0.2) is 21.8 Å². The van der Waals surface area contributed by atoms with Gasteiger partial charge in [-0.3, -0.25) is 0 Å². The number of hydrogen-bond acceptors (Lipinski definition) is 8. The number of nitrogens with two attached hydrogens (primary N) is 4. The van der Waals surface area contributed by atoms with Crippen molar-refractivity contribution in [1.82, 2.24) is 20.0 Å². The highest BCUT2D eigenvalue weighted by Crippen LogP contribution is 2.26. The number of aryl methyl sites for hydroxylation is 1. The lowest BCUT2D eigenvalue weighted by Gasteiger charge is -2.25. The summed E-state index contributed by atoms with van der Waals surface area (Å²) in [5, 5.41) is 6.92. The molecule has 1 aliphatic rings. The predicted octanol–water partition coefficient (Wildman–Crippen LogP) is 2.07. The molecule has 1 aromatic heterocycles. The number of hydrazine groups is 2. The summed E-state index contributed by atoms with van der Waals surface area (Å²) >= 11 is 0. The number of hydrazone groups is 1. The first-order valence-electron chi connectivity index (χ1n) is 12.0. The van der Waals surface area contributed by atoms with Crippen molar-refractivity contribution >= 4 is 11.7 Å². The molecular weight excluding hydrogens is 442 g/mol. The fraction of sp³-hybridized carbons (Fsp3) is 0.440. The maximum atomic E-state index is 6.47. The summed E-state index contributed by atoms with van der Waals surface area (Å²) in [6, 6.07) is 13.7. The van der Waals surface area contributed by atoms with Crippen LogP contribution in [0.2, 0.25) is 0 Å². The highest BCUT2D eigenvalue weighted by Gasteiger charge is 2.18. The SMILES string of the molecule is Cc1nc(/C(N)=C(\CN(N)/N=C(\N)N(C)Cc2ccccc2)N(C)N)ccc1OC1CCCCC1. The molecule has 0 bridgehead atoms. The average molecular weight is 482 g/mol. The van der Waals surface area contributed by atoms with Gasteiger partial charge in [0.25, 0.3) is 0 Å². The summed E-state index contributed by atoms with van der Waals surface area (Å²) in [5.74, 6) is 13.3. The zero-order valence-corrected chi connectivity index (χ0v) is 21.0. The topological polar surface area (TPSA) is 148 Å². The van der Waals surface area contributed by atoms with E-state index in [1.807, 2.05) is 61.3 Å². The third-order valence-corrected chi connectivity index (χ3v) is 6.09. The van der Waals surface area contributed by atoms with E-state index in [0.717, 1.165) is 29.8 Å². The number of ether oxygens (including phenoxy) is 1. The van der Waals surface area contributed by atoms with Crippen LogP contribution in [0.1, 0.15) is 49.1 Å². The van der Waals surface area contributed by atoms with Crippen LogP contribution in [0.5, 0.6) is 5.75 Å².